The number of aromatic nitrogens is 1. The Morgan fingerprint density at radius 3 is 1.97 bits per heavy atom. The fourth-order valence-electron chi connectivity index (χ4n) is 3.50. The number of rotatable bonds is 7. The van der Waals surface area contributed by atoms with Gasteiger partial charge in [-0.3, -0.25) is 0 Å². The molecule has 4 rings (SSSR count). The molecule has 0 atom stereocenters. The summed E-state index contributed by atoms with van der Waals surface area (Å²) in [5.41, 5.74) is 7.00. The maximum absolute atomic E-state index is 9.56. The van der Waals surface area contributed by atoms with Crippen molar-refractivity contribution in [3.8, 4) is 16.9 Å². The largest absolute Gasteiger partial charge is 0.508 e. The van der Waals surface area contributed by atoms with Crippen molar-refractivity contribution in [3.63, 3.8) is 0 Å². The lowest BCUT2D eigenvalue weighted by atomic mass is 10.0. The number of aromatic hydroxyl groups is 1. The van der Waals surface area contributed by atoms with Gasteiger partial charge < -0.3 is 15.3 Å². The van der Waals surface area contributed by atoms with Gasteiger partial charge >= 0.3 is 0 Å². The molecule has 0 aliphatic carbocycles. The fraction of sp³-hybridized carbons (Fsp3) is 0.148. The number of anilines is 2. The number of hydrogen-bond donors (Lipinski definition) is 2. The number of phenolic OH excluding ortho intramolecular Hbond substituents is 1. The molecule has 1 heterocycles. The predicted molar refractivity (Wildman–Crippen MR) is 127 cm³/mol. The number of pyridine rings is 1. The van der Waals surface area contributed by atoms with Crippen LogP contribution >= 0.6 is 0 Å². The van der Waals surface area contributed by atoms with E-state index in [0.29, 0.717) is 6.54 Å². The number of nitrogens with zero attached hydrogens (tertiary/aromatic N) is 2. The van der Waals surface area contributed by atoms with E-state index in [1.807, 2.05) is 12.1 Å². The second-order valence-corrected chi connectivity index (χ2v) is 7.92. The smallest absolute Gasteiger partial charge is 0.173 e. The van der Waals surface area contributed by atoms with Crippen LogP contribution in [0.1, 0.15) is 11.1 Å². The van der Waals surface area contributed by atoms with Gasteiger partial charge in [-0.2, -0.15) is 0 Å². The number of hydrogen-bond acceptors (Lipinski definition) is 3. The Kier molecular flexibility index (Phi) is 6.18. The monoisotopic (exact) mass is 410 g/mol. The van der Waals surface area contributed by atoms with Crippen molar-refractivity contribution in [2.24, 2.45) is 0 Å². The first-order chi connectivity index (χ1) is 15.1. The molecule has 0 unspecified atom stereocenters. The highest BCUT2D eigenvalue weighted by molar-refractivity contribution is 5.64. The Morgan fingerprint density at radius 2 is 1.39 bits per heavy atom. The minimum absolute atomic E-state index is 0.271. The van der Waals surface area contributed by atoms with E-state index in [2.05, 4.69) is 102 Å². The maximum Gasteiger partial charge on any atom is 0.173 e. The molecule has 0 fully saturated rings. The lowest BCUT2D eigenvalue weighted by molar-refractivity contribution is -0.688. The molecule has 31 heavy (non-hydrogen) atoms. The normalized spacial score (nSPS) is 10.6. The van der Waals surface area contributed by atoms with Crippen LogP contribution in [0.2, 0.25) is 0 Å². The van der Waals surface area contributed by atoms with Crippen molar-refractivity contribution in [1.82, 2.24) is 0 Å². The fourth-order valence-corrected chi connectivity index (χ4v) is 3.50. The van der Waals surface area contributed by atoms with E-state index in [4.69, 9.17) is 0 Å². The van der Waals surface area contributed by atoms with Gasteiger partial charge in [-0.15, -0.1) is 0 Å². The average Bonchev–Trinajstić information content (AvgIpc) is 2.79. The summed E-state index contributed by atoms with van der Waals surface area (Å²) in [5, 5.41) is 12.9. The molecule has 156 valence electrons. The van der Waals surface area contributed by atoms with Gasteiger partial charge in [0, 0.05) is 55.8 Å². The molecule has 0 aliphatic heterocycles. The quantitative estimate of drug-likeness (QED) is 0.418. The molecule has 3 aromatic carbocycles. The lowest BCUT2D eigenvalue weighted by Crippen LogP contribution is -2.33. The standard InChI is InChI=1S/C27H27N3O/c1-29(2)26-14-16-30(17-15-26)20-22-8-12-24(13-9-22)23-10-6-21(7-11-23)19-28-25-4-3-5-27(31)18-25/h3-18,28H,19-20H2,1-2H3/p+1. The van der Waals surface area contributed by atoms with Crippen LogP contribution in [-0.2, 0) is 13.1 Å². The summed E-state index contributed by atoms with van der Waals surface area (Å²) in [5.74, 6) is 0.271. The molecule has 0 aliphatic rings. The summed E-state index contributed by atoms with van der Waals surface area (Å²) in [6.45, 7) is 1.57. The SMILES string of the molecule is CN(C)c1cc[n+](Cc2ccc(-c3ccc(CNc4cccc(O)c4)cc3)cc2)cc1. The number of nitrogens with one attached hydrogen (secondary N) is 1. The zero-order valence-electron chi connectivity index (χ0n) is 18.0. The molecule has 4 heteroatoms. The Morgan fingerprint density at radius 1 is 0.774 bits per heavy atom. The molecule has 0 saturated carbocycles. The van der Waals surface area contributed by atoms with Crippen LogP contribution in [0, 0.1) is 0 Å². The van der Waals surface area contributed by atoms with E-state index in [-0.39, 0.29) is 5.75 Å². The van der Waals surface area contributed by atoms with Gasteiger partial charge in [-0.25, -0.2) is 4.57 Å². The highest BCUT2D eigenvalue weighted by Crippen LogP contribution is 2.21. The Balaban J connectivity index is 1.37. The summed E-state index contributed by atoms with van der Waals surface area (Å²) in [6, 6.07) is 28.8. The first kappa shape index (κ1) is 20.5. The van der Waals surface area contributed by atoms with Crippen LogP contribution in [0.15, 0.2) is 97.3 Å². The lowest BCUT2D eigenvalue weighted by Gasteiger charge is -2.10. The summed E-state index contributed by atoms with van der Waals surface area (Å²) in [4.78, 5) is 2.10. The van der Waals surface area contributed by atoms with E-state index in [1.54, 1.807) is 12.1 Å². The molecule has 0 bridgehead atoms. The van der Waals surface area contributed by atoms with Crippen molar-refractivity contribution < 1.29 is 9.67 Å². The Labute approximate surface area is 184 Å². The van der Waals surface area contributed by atoms with Crippen LogP contribution in [-0.4, -0.2) is 19.2 Å². The van der Waals surface area contributed by atoms with Crippen LogP contribution < -0.4 is 14.8 Å². The van der Waals surface area contributed by atoms with E-state index in [0.717, 1.165) is 12.2 Å². The van der Waals surface area contributed by atoms with E-state index < -0.39 is 0 Å². The van der Waals surface area contributed by atoms with Crippen molar-refractivity contribution in [1.29, 1.82) is 0 Å². The van der Waals surface area contributed by atoms with Crippen molar-refractivity contribution in [3.05, 3.63) is 108 Å². The molecule has 1 aromatic heterocycles. The van der Waals surface area contributed by atoms with Crippen molar-refractivity contribution >= 4 is 11.4 Å². The number of benzene rings is 3. The molecule has 0 saturated heterocycles. The Hall–Kier alpha value is -3.79. The second-order valence-electron chi connectivity index (χ2n) is 7.92. The highest BCUT2D eigenvalue weighted by atomic mass is 16.3. The van der Waals surface area contributed by atoms with E-state index >= 15 is 0 Å². The molecule has 2 N–H and O–H groups in total. The second kappa shape index (κ2) is 9.35. The molecule has 0 radical (unpaired) electrons. The maximum atomic E-state index is 9.56. The van der Waals surface area contributed by atoms with Crippen LogP contribution in [0.5, 0.6) is 5.75 Å². The first-order valence-electron chi connectivity index (χ1n) is 10.4. The van der Waals surface area contributed by atoms with Gasteiger partial charge in [-0.05, 0) is 28.8 Å². The summed E-state index contributed by atoms with van der Waals surface area (Å²) in [7, 11) is 4.10. The van der Waals surface area contributed by atoms with Crippen molar-refractivity contribution in [2.75, 3.05) is 24.3 Å². The molecular formula is C27H28N3O+. The topological polar surface area (TPSA) is 39.4 Å². The van der Waals surface area contributed by atoms with Crippen molar-refractivity contribution in [2.45, 2.75) is 13.1 Å². The van der Waals surface area contributed by atoms with Gasteiger partial charge in [0.15, 0.2) is 18.9 Å². The minimum Gasteiger partial charge on any atom is -0.508 e. The van der Waals surface area contributed by atoms with Crippen LogP contribution in [0.4, 0.5) is 11.4 Å². The molecule has 4 nitrogen and oxygen atoms in total. The number of phenols is 1. The molecule has 0 spiro atoms. The summed E-state index contributed by atoms with van der Waals surface area (Å²) < 4.78 is 2.19. The van der Waals surface area contributed by atoms with Crippen LogP contribution in [0.25, 0.3) is 11.1 Å². The van der Waals surface area contributed by atoms with Gasteiger partial charge in [-0.1, -0.05) is 54.6 Å². The van der Waals surface area contributed by atoms with Crippen LogP contribution in [0.3, 0.4) is 0 Å². The minimum atomic E-state index is 0.271. The zero-order valence-corrected chi connectivity index (χ0v) is 18.0. The van der Waals surface area contributed by atoms with Gasteiger partial charge in [0.1, 0.15) is 5.75 Å². The predicted octanol–water partition coefficient (Wildman–Crippen LogP) is 5.07. The molecular weight excluding hydrogens is 382 g/mol. The third-order valence-corrected chi connectivity index (χ3v) is 5.34. The van der Waals surface area contributed by atoms with E-state index in [1.165, 1.54) is 27.9 Å². The molecule has 0 amide bonds. The Bertz CT molecular complexity index is 1120. The van der Waals surface area contributed by atoms with Gasteiger partial charge in [0.05, 0.1) is 0 Å². The van der Waals surface area contributed by atoms with Gasteiger partial charge in [0.2, 0.25) is 0 Å². The average molecular weight is 411 g/mol. The van der Waals surface area contributed by atoms with E-state index in [9.17, 15) is 5.11 Å². The first-order valence-corrected chi connectivity index (χ1v) is 10.4. The third-order valence-electron chi connectivity index (χ3n) is 5.34. The molecule has 4 aromatic rings. The zero-order chi connectivity index (χ0) is 21.6. The summed E-state index contributed by atoms with van der Waals surface area (Å²) >= 11 is 0. The third kappa shape index (κ3) is 5.43. The summed E-state index contributed by atoms with van der Waals surface area (Å²) in [6.07, 6.45) is 4.24. The highest BCUT2D eigenvalue weighted by Gasteiger charge is 2.05. The van der Waals surface area contributed by atoms with Gasteiger partial charge in [0.25, 0.3) is 0 Å².